The van der Waals surface area contributed by atoms with Crippen LogP contribution in [0.25, 0.3) is 0 Å². The van der Waals surface area contributed by atoms with Crippen LogP contribution in [-0.4, -0.2) is 15.7 Å². The van der Waals surface area contributed by atoms with E-state index in [-0.39, 0.29) is 12.3 Å². The van der Waals surface area contributed by atoms with E-state index in [1.54, 1.807) is 25.6 Å². The Morgan fingerprint density at radius 3 is 2.55 bits per heavy atom. The minimum atomic E-state index is -4.41. The topological polar surface area (TPSA) is 46.9 Å². The average molecular weight is 311 g/mol. The van der Waals surface area contributed by atoms with Crippen LogP contribution in [0.15, 0.2) is 24.3 Å². The summed E-state index contributed by atoms with van der Waals surface area (Å²) in [7, 11) is 1.75. The third kappa shape index (κ3) is 3.47. The number of carbonyl (C=O) groups excluding carboxylic acids is 1. The van der Waals surface area contributed by atoms with E-state index >= 15 is 0 Å². The van der Waals surface area contributed by atoms with Gasteiger partial charge in [0.05, 0.1) is 29.1 Å². The second kappa shape index (κ2) is 5.82. The second-order valence-electron chi connectivity index (χ2n) is 5.09. The second-order valence-corrected chi connectivity index (χ2v) is 5.09. The van der Waals surface area contributed by atoms with Crippen molar-refractivity contribution in [3.8, 4) is 0 Å². The molecule has 22 heavy (non-hydrogen) atoms. The van der Waals surface area contributed by atoms with Crippen LogP contribution >= 0.6 is 0 Å². The highest BCUT2D eigenvalue weighted by Gasteiger charge is 2.30. The quantitative estimate of drug-likeness (QED) is 0.946. The van der Waals surface area contributed by atoms with E-state index in [4.69, 9.17) is 0 Å². The molecule has 0 aliphatic rings. The van der Waals surface area contributed by atoms with Gasteiger partial charge in [-0.25, -0.2) is 0 Å². The number of benzene rings is 1. The molecule has 0 fully saturated rings. The lowest BCUT2D eigenvalue weighted by molar-refractivity contribution is -0.137. The maximum absolute atomic E-state index is 12.6. The molecular formula is C15H16F3N3O. The normalized spacial score (nSPS) is 11.5. The molecule has 118 valence electrons. The third-order valence-electron chi connectivity index (χ3n) is 3.39. The predicted octanol–water partition coefficient (Wildman–Crippen LogP) is 3.24. The van der Waals surface area contributed by atoms with E-state index in [2.05, 4.69) is 10.4 Å². The summed E-state index contributed by atoms with van der Waals surface area (Å²) in [4.78, 5) is 12.0. The number of aryl methyl sites for hydroxylation is 2. The molecule has 2 aromatic rings. The van der Waals surface area contributed by atoms with Crippen LogP contribution in [0.5, 0.6) is 0 Å². The Morgan fingerprint density at radius 1 is 1.32 bits per heavy atom. The van der Waals surface area contributed by atoms with Gasteiger partial charge in [0, 0.05) is 7.05 Å². The highest BCUT2D eigenvalue weighted by molar-refractivity contribution is 5.93. The standard InChI is InChI=1S/C15H16F3N3O/c1-9-14(10(2)21(3)20-9)19-13(22)8-11-5-4-6-12(7-11)15(16,17)18/h4-7H,8H2,1-3H3,(H,19,22). The smallest absolute Gasteiger partial charge is 0.323 e. The summed E-state index contributed by atoms with van der Waals surface area (Å²) < 4.78 is 39.6. The number of amides is 1. The van der Waals surface area contributed by atoms with Crippen molar-refractivity contribution < 1.29 is 18.0 Å². The fourth-order valence-corrected chi connectivity index (χ4v) is 2.18. The molecule has 2 rings (SSSR count). The van der Waals surface area contributed by atoms with Crippen molar-refractivity contribution in [2.75, 3.05) is 5.32 Å². The number of anilines is 1. The first-order valence-electron chi connectivity index (χ1n) is 6.64. The summed E-state index contributed by atoms with van der Waals surface area (Å²) in [5.74, 6) is -0.376. The average Bonchev–Trinajstić information content (AvgIpc) is 2.65. The van der Waals surface area contributed by atoms with Gasteiger partial charge in [-0.2, -0.15) is 18.3 Å². The number of nitrogens with zero attached hydrogens (tertiary/aromatic N) is 2. The van der Waals surface area contributed by atoms with Crippen LogP contribution in [0.3, 0.4) is 0 Å². The van der Waals surface area contributed by atoms with Crippen LogP contribution < -0.4 is 5.32 Å². The zero-order valence-electron chi connectivity index (χ0n) is 12.5. The molecule has 0 bridgehead atoms. The number of aromatic nitrogens is 2. The molecule has 1 aromatic heterocycles. The van der Waals surface area contributed by atoms with Gasteiger partial charge < -0.3 is 5.32 Å². The lowest BCUT2D eigenvalue weighted by Gasteiger charge is -2.09. The largest absolute Gasteiger partial charge is 0.416 e. The van der Waals surface area contributed by atoms with Crippen molar-refractivity contribution in [3.63, 3.8) is 0 Å². The third-order valence-corrected chi connectivity index (χ3v) is 3.39. The first-order valence-corrected chi connectivity index (χ1v) is 6.64. The summed E-state index contributed by atoms with van der Waals surface area (Å²) >= 11 is 0. The Hall–Kier alpha value is -2.31. The van der Waals surface area contributed by atoms with Gasteiger partial charge >= 0.3 is 6.18 Å². The minimum absolute atomic E-state index is 0.127. The zero-order chi connectivity index (χ0) is 16.5. The molecule has 1 N–H and O–H groups in total. The van der Waals surface area contributed by atoms with Crippen molar-refractivity contribution in [2.45, 2.75) is 26.4 Å². The number of halogens is 3. The number of rotatable bonds is 3. The van der Waals surface area contributed by atoms with E-state index < -0.39 is 11.7 Å². The Kier molecular flexibility index (Phi) is 4.25. The van der Waals surface area contributed by atoms with E-state index in [1.807, 2.05) is 0 Å². The van der Waals surface area contributed by atoms with Gasteiger partial charge in [0.1, 0.15) is 0 Å². The summed E-state index contributed by atoms with van der Waals surface area (Å²) in [5, 5.41) is 6.87. The number of nitrogens with one attached hydrogen (secondary N) is 1. The summed E-state index contributed by atoms with van der Waals surface area (Å²) in [6, 6.07) is 4.77. The fraction of sp³-hybridized carbons (Fsp3) is 0.333. The number of alkyl halides is 3. The van der Waals surface area contributed by atoms with Crippen molar-refractivity contribution in [1.82, 2.24) is 9.78 Å². The molecule has 0 spiro atoms. The molecule has 0 unspecified atom stereocenters. The Labute approximate surface area is 125 Å². The van der Waals surface area contributed by atoms with Crippen molar-refractivity contribution >= 4 is 11.6 Å². The number of hydrogen-bond acceptors (Lipinski definition) is 2. The van der Waals surface area contributed by atoms with Crippen LogP contribution in [0.4, 0.5) is 18.9 Å². The Morgan fingerprint density at radius 2 is 2.00 bits per heavy atom. The minimum Gasteiger partial charge on any atom is -0.323 e. The van der Waals surface area contributed by atoms with Crippen LogP contribution in [0, 0.1) is 13.8 Å². The maximum atomic E-state index is 12.6. The van der Waals surface area contributed by atoms with Gasteiger partial charge in [-0.05, 0) is 25.5 Å². The van der Waals surface area contributed by atoms with Gasteiger partial charge in [0.15, 0.2) is 0 Å². The Bertz CT molecular complexity index is 705. The molecule has 7 heteroatoms. The molecule has 4 nitrogen and oxygen atoms in total. The molecule has 0 aliphatic carbocycles. The van der Waals surface area contributed by atoms with E-state index in [0.29, 0.717) is 16.9 Å². The van der Waals surface area contributed by atoms with Crippen LogP contribution in [0.2, 0.25) is 0 Å². The first-order chi connectivity index (χ1) is 10.2. The van der Waals surface area contributed by atoms with Gasteiger partial charge in [-0.3, -0.25) is 9.48 Å². The highest BCUT2D eigenvalue weighted by atomic mass is 19.4. The van der Waals surface area contributed by atoms with Crippen LogP contribution in [-0.2, 0) is 24.4 Å². The van der Waals surface area contributed by atoms with Gasteiger partial charge in [0.25, 0.3) is 0 Å². The van der Waals surface area contributed by atoms with Crippen LogP contribution in [0.1, 0.15) is 22.5 Å². The van der Waals surface area contributed by atoms with Gasteiger partial charge in [0.2, 0.25) is 5.91 Å². The molecule has 0 aliphatic heterocycles. The molecule has 1 amide bonds. The van der Waals surface area contributed by atoms with E-state index in [9.17, 15) is 18.0 Å². The molecule has 0 atom stereocenters. The van der Waals surface area contributed by atoms with Crippen molar-refractivity contribution in [1.29, 1.82) is 0 Å². The number of carbonyl (C=O) groups is 1. The zero-order valence-corrected chi connectivity index (χ0v) is 12.5. The van der Waals surface area contributed by atoms with E-state index in [0.717, 1.165) is 17.8 Å². The molecule has 1 heterocycles. The molecular weight excluding hydrogens is 295 g/mol. The monoisotopic (exact) mass is 311 g/mol. The Balaban J connectivity index is 2.13. The maximum Gasteiger partial charge on any atom is 0.416 e. The van der Waals surface area contributed by atoms with E-state index in [1.165, 1.54) is 12.1 Å². The predicted molar refractivity (Wildman–Crippen MR) is 76.5 cm³/mol. The SMILES string of the molecule is Cc1nn(C)c(C)c1NC(=O)Cc1cccc(C(F)(F)F)c1. The van der Waals surface area contributed by atoms with Crippen molar-refractivity contribution in [3.05, 3.63) is 46.8 Å². The molecule has 0 saturated carbocycles. The highest BCUT2D eigenvalue weighted by Crippen LogP contribution is 2.29. The van der Waals surface area contributed by atoms with Crippen molar-refractivity contribution in [2.24, 2.45) is 7.05 Å². The van der Waals surface area contributed by atoms with Gasteiger partial charge in [-0.15, -0.1) is 0 Å². The molecule has 1 aromatic carbocycles. The summed E-state index contributed by atoms with van der Waals surface area (Å²) in [5.41, 5.74) is 1.60. The number of hydrogen-bond donors (Lipinski definition) is 1. The molecule has 0 radical (unpaired) electrons. The fourth-order valence-electron chi connectivity index (χ4n) is 2.18. The lowest BCUT2D eigenvalue weighted by atomic mass is 10.1. The lowest BCUT2D eigenvalue weighted by Crippen LogP contribution is -2.16. The summed E-state index contributed by atoms with van der Waals surface area (Å²) in [6.45, 7) is 3.56. The summed E-state index contributed by atoms with van der Waals surface area (Å²) in [6.07, 6.45) is -4.54. The molecule has 0 saturated heterocycles. The van der Waals surface area contributed by atoms with Gasteiger partial charge in [-0.1, -0.05) is 18.2 Å². The first kappa shape index (κ1) is 16.1.